The molecule has 116 valence electrons. The highest BCUT2D eigenvalue weighted by Gasteiger charge is 2.44. The molecule has 0 amide bonds. The Hall–Kier alpha value is -2.11. The number of aryl methyl sites for hydroxylation is 2. The molecule has 1 aromatic heterocycles. The average Bonchev–Trinajstić information content (AvgIpc) is 3.13. The number of hydrogen-bond acceptors (Lipinski definition) is 4. The van der Waals surface area contributed by atoms with Gasteiger partial charge < -0.3 is 5.11 Å². The van der Waals surface area contributed by atoms with E-state index in [-0.39, 0.29) is 0 Å². The number of thioether (sulfide) groups is 1. The molecule has 4 nitrogen and oxygen atoms in total. The van der Waals surface area contributed by atoms with Crippen molar-refractivity contribution >= 4 is 11.8 Å². The van der Waals surface area contributed by atoms with Crippen molar-refractivity contribution in [3.05, 3.63) is 70.9 Å². The Morgan fingerprint density at radius 2 is 1.91 bits per heavy atom. The monoisotopic (exact) mass is 323 g/mol. The summed E-state index contributed by atoms with van der Waals surface area (Å²) in [7, 11) is 0. The van der Waals surface area contributed by atoms with E-state index in [9.17, 15) is 5.11 Å². The molecule has 1 unspecified atom stereocenters. The van der Waals surface area contributed by atoms with E-state index < -0.39 is 5.60 Å². The summed E-state index contributed by atoms with van der Waals surface area (Å²) in [5.74, 6) is 0.558. The zero-order valence-electron chi connectivity index (χ0n) is 13.0. The summed E-state index contributed by atoms with van der Waals surface area (Å²) in [5.41, 5.74) is 3.77. The Morgan fingerprint density at radius 3 is 2.70 bits per heavy atom. The largest absolute Gasteiger partial charge is 0.378 e. The average molecular weight is 323 g/mol. The highest BCUT2D eigenvalue weighted by Crippen LogP contribution is 2.45. The first-order chi connectivity index (χ1) is 11.1. The third-order valence-electron chi connectivity index (χ3n) is 4.28. The third kappa shape index (κ3) is 2.19. The lowest BCUT2D eigenvalue weighted by Crippen LogP contribution is -2.27. The molecule has 0 aliphatic carbocycles. The highest BCUT2D eigenvalue weighted by atomic mass is 32.2. The van der Waals surface area contributed by atoms with Gasteiger partial charge in [0.2, 0.25) is 0 Å². The number of benzene rings is 2. The lowest BCUT2D eigenvalue weighted by Gasteiger charge is -2.20. The van der Waals surface area contributed by atoms with Gasteiger partial charge in [0.25, 0.3) is 0 Å². The topological polar surface area (TPSA) is 50.9 Å². The van der Waals surface area contributed by atoms with Crippen LogP contribution in [0.25, 0.3) is 5.69 Å². The minimum Gasteiger partial charge on any atom is -0.378 e. The third-order valence-corrected chi connectivity index (χ3v) is 5.48. The van der Waals surface area contributed by atoms with Crippen LogP contribution in [0.4, 0.5) is 0 Å². The number of rotatable bonds is 2. The Bertz CT molecular complexity index is 875. The quantitative estimate of drug-likeness (QED) is 0.787. The van der Waals surface area contributed by atoms with Crippen molar-refractivity contribution in [3.63, 3.8) is 0 Å². The van der Waals surface area contributed by atoms with Gasteiger partial charge in [0.1, 0.15) is 16.3 Å². The maximum Gasteiger partial charge on any atom is 0.145 e. The summed E-state index contributed by atoms with van der Waals surface area (Å²) in [4.78, 5) is 0. The van der Waals surface area contributed by atoms with Gasteiger partial charge in [0.15, 0.2) is 0 Å². The van der Waals surface area contributed by atoms with Gasteiger partial charge in [-0.1, -0.05) is 47.7 Å². The second-order valence-corrected chi connectivity index (χ2v) is 6.92. The molecule has 0 saturated carbocycles. The second kappa shape index (κ2) is 5.22. The van der Waals surface area contributed by atoms with Crippen LogP contribution in [0.5, 0.6) is 0 Å². The molecule has 3 aromatic rings. The Morgan fingerprint density at radius 1 is 1.13 bits per heavy atom. The Balaban J connectivity index is 1.85. The number of fused-ring (bicyclic) bond motifs is 1. The van der Waals surface area contributed by atoms with E-state index in [0.717, 1.165) is 21.8 Å². The molecule has 0 spiro atoms. The van der Waals surface area contributed by atoms with Crippen LogP contribution in [-0.2, 0) is 5.60 Å². The van der Waals surface area contributed by atoms with Crippen LogP contribution >= 0.6 is 11.8 Å². The number of hydrogen-bond donors (Lipinski definition) is 1. The zero-order valence-corrected chi connectivity index (χ0v) is 13.8. The highest BCUT2D eigenvalue weighted by molar-refractivity contribution is 7.99. The van der Waals surface area contributed by atoms with Crippen LogP contribution in [0.15, 0.2) is 53.6 Å². The van der Waals surface area contributed by atoms with Crippen molar-refractivity contribution in [1.82, 2.24) is 15.0 Å². The van der Waals surface area contributed by atoms with Crippen molar-refractivity contribution in [2.24, 2.45) is 0 Å². The van der Waals surface area contributed by atoms with Crippen LogP contribution in [-0.4, -0.2) is 25.9 Å². The molecule has 0 bridgehead atoms. The van der Waals surface area contributed by atoms with Gasteiger partial charge >= 0.3 is 0 Å². The van der Waals surface area contributed by atoms with E-state index in [1.807, 2.05) is 35.0 Å². The molecular weight excluding hydrogens is 306 g/mol. The van der Waals surface area contributed by atoms with Gasteiger partial charge in [-0.2, -0.15) is 0 Å². The van der Waals surface area contributed by atoms with E-state index >= 15 is 0 Å². The van der Waals surface area contributed by atoms with Gasteiger partial charge in [-0.05, 0) is 36.6 Å². The Labute approximate surface area is 139 Å². The van der Waals surface area contributed by atoms with Crippen molar-refractivity contribution < 1.29 is 5.11 Å². The predicted octanol–water partition coefficient (Wildman–Crippen LogP) is 3.23. The molecule has 5 heteroatoms. The molecule has 0 radical (unpaired) electrons. The van der Waals surface area contributed by atoms with E-state index in [0.29, 0.717) is 11.4 Å². The molecule has 0 saturated heterocycles. The van der Waals surface area contributed by atoms with Crippen LogP contribution in [0.1, 0.15) is 22.4 Å². The molecule has 1 N–H and O–H groups in total. The van der Waals surface area contributed by atoms with Crippen LogP contribution in [0.2, 0.25) is 0 Å². The molecule has 2 heterocycles. The molecular formula is C18H17N3OS. The summed E-state index contributed by atoms with van der Waals surface area (Å²) >= 11 is 1.60. The van der Waals surface area contributed by atoms with Gasteiger partial charge in [0, 0.05) is 5.75 Å². The van der Waals surface area contributed by atoms with Gasteiger partial charge in [0.05, 0.1) is 5.69 Å². The maximum atomic E-state index is 11.2. The standard InChI is InChI=1S/C18H17N3OS/c1-12-8-9-13(2)15(10-12)21-17-16(19-20-21)18(22,11-23-17)14-6-4-3-5-7-14/h3-10,22H,11H2,1-2H3. The van der Waals surface area contributed by atoms with Crippen molar-refractivity contribution in [2.45, 2.75) is 24.5 Å². The van der Waals surface area contributed by atoms with Crippen LogP contribution < -0.4 is 0 Å². The van der Waals surface area contributed by atoms with E-state index in [2.05, 4.69) is 42.4 Å². The van der Waals surface area contributed by atoms with Crippen molar-refractivity contribution in [2.75, 3.05) is 5.75 Å². The maximum absolute atomic E-state index is 11.2. The van der Waals surface area contributed by atoms with Crippen molar-refractivity contribution in [1.29, 1.82) is 0 Å². The summed E-state index contributed by atoms with van der Waals surface area (Å²) in [6.45, 7) is 4.12. The smallest absolute Gasteiger partial charge is 0.145 e. The number of aliphatic hydroxyl groups is 1. The molecule has 1 atom stereocenters. The van der Waals surface area contributed by atoms with Crippen LogP contribution in [0, 0.1) is 13.8 Å². The van der Waals surface area contributed by atoms with Gasteiger partial charge in [-0.25, -0.2) is 4.68 Å². The first-order valence-electron chi connectivity index (χ1n) is 7.54. The minimum atomic E-state index is -1.07. The fourth-order valence-corrected chi connectivity index (χ4v) is 4.20. The summed E-state index contributed by atoms with van der Waals surface area (Å²) in [6.07, 6.45) is 0. The predicted molar refractivity (Wildman–Crippen MR) is 91.0 cm³/mol. The second-order valence-electron chi connectivity index (χ2n) is 5.96. The summed E-state index contributed by atoms with van der Waals surface area (Å²) in [5, 5.41) is 20.7. The zero-order chi connectivity index (χ0) is 16.0. The number of nitrogens with zero attached hydrogens (tertiary/aromatic N) is 3. The van der Waals surface area contributed by atoms with E-state index in [4.69, 9.17) is 0 Å². The fraction of sp³-hybridized carbons (Fsp3) is 0.222. The molecule has 1 aliphatic rings. The molecule has 2 aromatic carbocycles. The van der Waals surface area contributed by atoms with E-state index in [1.165, 1.54) is 5.56 Å². The van der Waals surface area contributed by atoms with Gasteiger partial charge in [-0.3, -0.25) is 0 Å². The Kier molecular flexibility index (Phi) is 3.28. The summed E-state index contributed by atoms with van der Waals surface area (Å²) < 4.78 is 1.85. The SMILES string of the molecule is Cc1ccc(C)c(-n2nnc3c2SCC3(O)c2ccccc2)c1. The van der Waals surface area contributed by atoms with E-state index in [1.54, 1.807) is 11.8 Å². The number of aromatic nitrogens is 3. The molecule has 1 aliphatic heterocycles. The fourth-order valence-electron chi connectivity index (χ4n) is 2.94. The first kappa shape index (κ1) is 14.5. The minimum absolute atomic E-state index is 0.558. The lowest BCUT2D eigenvalue weighted by molar-refractivity contribution is 0.104. The lowest BCUT2D eigenvalue weighted by atomic mass is 9.93. The van der Waals surface area contributed by atoms with Gasteiger partial charge in [-0.15, -0.1) is 16.9 Å². The van der Waals surface area contributed by atoms with Crippen LogP contribution in [0.3, 0.4) is 0 Å². The molecule has 0 fully saturated rings. The summed E-state index contributed by atoms with van der Waals surface area (Å²) in [6, 6.07) is 16.0. The normalized spacial score (nSPS) is 19.8. The first-order valence-corrected chi connectivity index (χ1v) is 8.53. The molecule has 23 heavy (non-hydrogen) atoms. The molecule has 4 rings (SSSR count). The van der Waals surface area contributed by atoms with Crippen molar-refractivity contribution in [3.8, 4) is 5.69 Å².